The number of carbonyl (C=O) groups is 1. The fourth-order valence-electron chi connectivity index (χ4n) is 3.42. The van der Waals surface area contributed by atoms with Crippen molar-refractivity contribution in [1.29, 1.82) is 0 Å². The first-order valence-electron chi connectivity index (χ1n) is 9.43. The Morgan fingerprint density at radius 2 is 1.78 bits per heavy atom. The number of aliphatic imine (C=N–C) groups is 1. The van der Waals surface area contributed by atoms with E-state index in [0.29, 0.717) is 30.0 Å². The maximum atomic E-state index is 14.9. The second-order valence-electron chi connectivity index (χ2n) is 7.70. The molecule has 1 aliphatic heterocycles. The van der Waals surface area contributed by atoms with E-state index in [1.165, 1.54) is 18.2 Å². The first-order chi connectivity index (χ1) is 14.9. The van der Waals surface area contributed by atoms with Crippen LogP contribution in [0.2, 0.25) is 15.1 Å². The molecule has 1 heterocycles. The van der Waals surface area contributed by atoms with Crippen LogP contribution in [0.1, 0.15) is 41.0 Å². The average Bonchev–Trinajstić information content (AvgIpc) is 3.41. The van der Waals surface area contributed by atoms with E-state index in [1.807, 2.05) is 0 Å². The predicted octanol–water partition coefficient (Wildman–Crippen LogP) is 7.45. The molecule has 4 rings (SSSR count). The molecule has 1 fully saturated rings. The van der Waals surface area contributed by atoms with Crippen LogP contribution in [0.25, 0.3) is 5.83 Å². The minimum Gasteiger partial charge on any atom is -0.405 e. The van der Waals surface area contributed by atoms with Gasteiger partial charge in [0.15, 0.2) is 5.54 Å². The van der Waals surface area contributed by atoms with Crippen molar-refractivity contribution in [3.63, 3.8) is 0 Å². The molecule has 2 aromatic rings. The molecule has 2 aliphatic rings. The van der Waals surface area contributed by atoms with Crippen LogP contribution in [0.5, 0.6) is 0 Å². The number of benzene rings is 2. The molecule has 1 atom stereocenters. The van der Waals surface area contributed by atoms with Crippen molar-refractivity contribution in [1.82, 2.24) is 0 Å². The molecule has 3 nitrogen and oxygen atoms in total. The molecule has 1 spiro atoms. The van der Waals surface area contributed by atoms with Gasteiger partial charge in [-0.1, -0.05) is 40.9 Å². The topological polar surface area (TPSA) is 38.7 Å². The molecule has 0 aromatic heterocycles. The zero-order valence-electron chi connectivity index (χ0n) is 16.4. The number of allylic oxidation sites excluding steroid dienone is 1. The summed E-state index contributed by atoms with van der Waals surface area (Å²) in [6.07, 6.45) is -3.13. The zero-order valence-corrected chi connectivity index (χ0v) is 18.6. The summed E-state index contributed by atoms with van der Waals surface area (Å²) < 4.78 is 61.3. The van der Waals surface area contributed by atoms with Crippen molar-refractivity contribution in [2.45, 2.75) is 37.4 Å². The summed E-state index contributed by atoms with van der Waals surface area (Å²) in [7, 11) is 0. The Hall–Kier alpha value is -2.09. The van der Waals surface area contributed by atoms with Crippen molar-refractivity contribution < 1.29 is 27.1 Å². The van der Waals surface area contributed by atoms with Gasteiger partial charge in [0.05, 0.1) is 15.1 Å². The summed E-state index contributed by atoms with van der Waals surface area (Å²) in [4.78, 5) is 16.2. The monoisotopic (exact) mass is 505 g/mol. The number of halogens is 7. The number of aryl methyl sites for hydroxylation is 1. The number of hydrogen-bond donors (Lipinski definition) is 0. The fraction of sp³-hybridized carbons (Fsp3) is 0.273. The highest BCUT2D eigenvalue weighted by molar-refractivity contribution is 6.48. The highest BCUT2D eigenvalue weighted by Gasteiger charge is 2.56. The number of ether oxygens (including phenoxy) is 1. The minimum absolute atomic E-state index is 0.0716. The van der Waals surface area contributed by atoms with Gasteiger partial charge >= 0.3 is 12.1 Å². The van der Waals surface area contributed by atoms with E-state index in [4.69, 9.17) is 39.5 Å². The quantitative estimate of drug-likeness (QED) is 0.245. The molecule has 10 heteroatoms. The molecular formula is C22H14Cl3F4NO2. The highest BCUT2D eigenvalue weighted by atomic mass is 35.5. The van der Waals surface area contributed by atoms with Gasteiger partial charge in [-0.3, -0.25) is 0 Å². The predicted molar refractivity (Wildman–Crippen MR) is 115 cm³/mol. The molecule has 0 amide bonds. The Kier molecular flexibility index (Phi) is 5.80. The van der Waals surface area contributed by atoms with E-state index in [-0.39, 0.29) is 32.1 Å². The smallest absolute Gasteiger partial charge is 0.399 e. The molecule has 2 aromatic carbocycles. The molecule has 0 bridgehead atoms. The van der Waals surface area contributed by atoms with E-state index in [1.54, 1.807) is 6.92 Å². The van der Waals surface area contributed by atoms with Gasteiger partial charge in [-0.2, -0.15) is 13.2 Å². The second-order valence-corrected chi connectivity index (χ2v) is 8.89. The summed E-state index contributed by atoms with van der Waals surface area (Å²) in [5.41, 5.74) is -0.244. The SMILES string of the molecule is Cc1cc(C(F)=CC(c2cc(Cl)c(Cl)c(Cl)c2)C(F)(F)F)ccc1C1=NC2(CC2)C(=O)O1. The summed E-state index contributed by atoms with van der Waals surface area (Å²) in [5.74, 6) is -3.67. The third-order valence-electron chi connectivity index (χ3n) is 5.37. The van der Waals surface area contributed by atoms with E-state index < -0.39 is 29.4 Å². The van der Waals surface area contributed by atoms with Crippen LogP contribution in [0, 0.1) is 6.92 Å². The minimum atomic E-state index is -4.81. The number of carbonyl (C=O) groups excluding carboxylic acids is 1. The lowest BCUT2D eigenvalue weighted by molar-refractivity contribution is -0.139. The molecule has 168 valence electrons. The largest absolute Gasteiger partial charge is 0.405 e. The van der Waals surface area contributed by atoms with E-state index in [2.05, 4.69) is 4.99 Å². The van der Waals surface area contributed by atoms with Crippen molar-refractivity contribution in [2.75, 3.05) is 0 Å². The van der Waals surface area contributed by atoms with Gasteiger partial charge in [-0.25, -0.2) is 14.2 Å². The van der Waals surface area contributed by atoms with E-state index in [9.17, 15) is 22.4 Å². The van der Waals surface area contributed by atoms with Crippen molar-refractivity contribution >= 4 is 52.5 Å². The van der Waals surface area contributed by atoms with Gasteiger partial charge in [0.25, 0.3) is 0 Å². The van der Waals surface area contributed by atoms with Crippen molar-refractivity contribution in [3.8, 4) is 0 Å². The Morgan fingerprint density at radius 3 is 2.28 bits per heavy atom. The van der Waals surface area contributed by atoms with Crippen LogP contribution in [-0.2, 0) is 9.53 Å². The average molecular weight is 507 g/mol. The van der Waals surface area contributed by atoms with Crippen LogP contribution in [0.15, 0.2) is 41.4 Å². The third-order valence-corrected chi connectivity index (χ3v) is 6.57. The first kappa shape index (κ1) is 23.1. The van der Waals surface area contributed by atoms with Gasteiger partial charge in [0, 0.05) is 11.1 Å². The van der Waals surface area contributed by atoms with E-state index >= 15 is 0 Å². The molecule has 32 heavy (non-hydrogen) atoms. The Morgan fingerprint density at radius 1 is 1.16 bits per heavy atom. The molecule has 1 aliphatic carbocycles. The Balaban J connectivity index is 1.67. The van der Waals surface area contributed by atoms with Crippen LogP contribution >= 0.6 is 34.8 Å². The van der Waals surface area contributed by atoms with Gasteiger partial charge in [0.1, 0.15) is 11.7 Å². The molecule has 1 saturated carbocycles. The lowest BCUT2D eigenvalue weighted by atomic mass is 9.96. The number of cyclic esters (lactones) is 1. The molecule has 0 N–H and O–H groups in total. The summed E-state index contributed by atoms with van der Waals surface area (Å²) in [5, 5.41) is -0.423. The zero-order chi connectivity index (χ0) is 23.4. The van der Waals surface area contributed by atoms with Gasteiger partial charge in [0.2, 0.25) is 5.90 Å². The van der Waals surface area contributed by atoms with Crippen molar-refractivity contribution in [2.24, 2.45) is 4.99 Å². The van der Waals surface area contributed by atoms with Gasteiger partial charge < -0.3 is 4.74 Å². The summed E-state index contributed by atoms with van der Waals surface area (Å²) in [6, 6.07) is 6.14. The Bertz CT molecular complexity index is 1160. The van der Waals surface area contributed by atoms with Gasteiger partial charge in [-0.05, 0) is 61.2 Å². The summed E-state index contributed by atoms with van der Waals surface area (Å²) >= 11 is 17.5. The third kappa shape index (κ3) is 4.26. The molecular weight excluding hydrogens is 493 g/mol. The van der Waals surface area contributed by atoms with E-state index in [0.717, 1.165) is 12.1 Å². The van der Waals surface area contributed by atoms with Crippen LogP contribution in [0.4, 0.5) is 17.6 Å². The highest BCUT2D eigenvalue weighted by Crippen LogP contribution is 2.45. The summed E-state index contributed by atoms with van der Waals surface area (Å²) in [6.45, 7) is 1.63. The molecule has 1 unspecified atom stereocenters. The number of hydrogen-bond acceptors (Lipinski definition) is 3. The van der Waals surface area contributed by atoms with Gasteiger partial charge in [-0.15, -0.1) is 0 Å². The maximum absolute atomic E-state index is 14.9. The number of rotatable bonds is 4. The normalized spacial score (nSPS) is 18.6. The van der Waals surface area contributed by atoms with Crippen molar-refractivity contribution in [3.05, 3.63) is 73.7 Å². The molecule has 0 radical (unpaired) electrons. The lowest BCUT2D eigenvalue weighted by Crippen LogP contribution is -2.19. The lowest BCUT2D eigenvalue weighted by Gasteiger charge is -2.19. The number of esters is 1. The maximum Gasteiger partial charge on any atom is 0.399 e. The van der Waals surface area contributed by atoms with Crippen LogP contribution in [-0.4, -0.2) is 23.6 Å². The fourth-order valence-corrected chi connectivity index (χ4v) is 4.04. The molecule has 0 saturated heterocycles. The first-order valence-corrected chi connectivity index (χ1v) is 10.6. The number of nitrogens with zero attached hydrogens (tertiary/aromatic N) is 1. The Labute approximate surface area is 195 Å². The van der Waals surface area contributed by atoms with Crippen LogP contribution < -0.4 is 0 Å². The van der Waals surface area contributed by atoms with Crippen LogP contribution in [0.3, 0.4) is 0 Å². The standard InChI is InChI=1S/C22H14Cl3F4NO2/c1-10-6-11(2-3-13(10)19-30-21(4-5-21)20(31)32-19)17(26)9-14(22(27,28)29)12-7-15(23)18(25)16(24)8-12/h2-3,6-9,14H,4-5H2,1H3. The second kappa shape index (κ2) is 8.04. The number of alkyl halides is 3.